The third kappa shape index (κ3) is 9.56. The Bertz CT molecular complexity index is 1050. The Hall–Kier alpha value is -3.62. The summed E-state index contributed by atoms with van der Waals surface area (Å²) >= 11 is 0. The first-order chi connectivity index (χ1) is 17.5. The van der Waals surface area contributed by atoms with E-state index in [1.807, 2.05) is 76.5 Å². The number of carbonyl (C=O) groups is 2. The summed E-state index contributed by atoms with van der Waals surface area (Å²) in [7, 11) is 0. The third-order valence-corrected chi connectivity index (χ3v) is 5.84. The van der Waals surface area contributed by atoms with Crippen LogP contribution in [-0.2, 0) is 22.7 Å². The number of anilines is 1. The van der Waals surface area contributed by atoms with Gasteiger partial charge in [-0.1, -0.05) is 50.1 Å². The zero-order valence-electron chi connectivity index (χ0n) is 20.8. The monoisotopic (exact) mass is 489 g/mol. The molecule has 36 heavy (non-hydrogen) atoms. The van der Waals surface area contributed by atoms with E-state index < -0.39 is 5.97 Å². The molecule has 0 fully saturated rings. The summed E-state index contributed by atoms with van der Waals surface area (Å²) in [6.07, 6.45) is 6.22. The number of aliphatic carboxylic acids is 1. The predicted octanol–water partition coefficient (Wildman–Crippen LogP) is 4.06. The highest BCUT2D eigenvalue weighted by molar-refractivity contribution is 5.92. The van der Waals surface area contributed by atoms with Gasteiger partial charge in [0.15, 0.2) is 0 Å². The number of aromatic nitrogens is 2. The summed E-state index contributed by atoms with van der Waals surface area (Å²) in [5, 5.41) is 12.6. The molecule has 190 valence electrons. The second kappa shape index (κ2) is 14.7. The van der Waals surface area contributed by atoms with Crippen molar-refractivity contribution in [3.8, 4) is 0 Å². The lowest BCUT2D eigenvalue weighted by Gasteiger charge is -2.34. The second-order valence-electron chi connectivity index (χ2n) is 8.82. The predicted molar refractivity (Wildman–Crippen MR) is 140 cm³/mol. The van der Waals surface area contributed by atoms with Crippen molar-refractivity contribution in [3.63, 3.8) is 0 Å². The highest BCUT2D eigenvalue weighted by Gasteiger charge is 2.25. The normalized spacial score (nSPS) is 12.0. The Morgan fingerprint density at radius 3 is 2.11 bits per heavy atom. The largest absolute Gasteiger partial charge is 0.480 e. The molecular formula is C28H35N5O3. The van der Waals surface area contributed by atoms with E-state index in [4.69, 9.17) is 0 Å². The van der Waals surface area contributed by atoms with Crippen LogP contribution in [0.25, 0.3) is 0 Å². The van der Waals surface area contributed by atoms with Crippen LogP contribution in [0.4, 0.5) is 5.69 Å². The highest BCUT2D eigenvalue weighted by atomic mass is 16.4. The van der Waals surface area contributed by atoms with Gasteiger partial charge in [-0.15, -0.1) is 0 Å². The van der Waals surface area contributed by atoms with Crippen molar-refractivity contribution in [1.82, 2.24) is 19.8 Å². The van der Waals surface area contributed by atoms with E-state index in [9.17, 15) is 14.7 Å². The third-order valence-electron chi connectivity index (χ3n) is 5.84. The molecule has 8 nitrogen and oxygen atoms in total. The van der Waals surface area contributed by atoms with Crippen LogP contribution < -0.4 is 5.32 Å². The average molecular weight is 490 g/mol. The first-order valence-corrected chi connectivity index (χ1v) is 12.4. The lowest BCUT2D eigenvalue weighted by molar-refractivity contribution is -0.139. The average Bonchev–Trinajstić information content (AvgIpc) is 2.87. The number of unbranched alkanes of at least 4 members (excludes halogenated alkanes) is 1. The summed E-state index contributed by atoms with van der Waals surface area (Å²) in [4.78, 5) is 37.6. The van der Waals surface area contributed by atoms with Gasteiger partial charge in [0, 0.05) is 43.8 Å². The van der Waals surface area contributed by atoms with Gasteiger partial charge in [-0.05, 0) is 42.8 Å². The first kappa shape index (κ1) is 27.0. The van der Waals surface area contributed by atoms with Crippen molar-refractivity contribution in [3.05, 3.63) is 90.5 Å². The molecule has 1 atom stereocenters. The van der Waals surface area contributed by atoms with E-state index in [1.54, 1.807) is 12.4 Å². The van der Waals surface area contributed by atoms with E-state index in [0.717, 1.165) is 36.3 Å². The maximum atomic E-state index is 13.0. The molecule has 2 N–H and O–H groups in total. The molecule has 0 aliphatic rings. The van der Waals surface area contributed by atoms with Crippen LogP contribution in [0.15, 0.2) is 79.1 Å². The Morgan fingerprint density at radius 1 is 0.889 bits per heavy atom. The molecule has 1 amide bonds. The van der Waals surface area contributed by atoms with Crippen LogP contribution in [0.3, 0.4) is 0 Å². The summed E-state index contributed by atoms with van der Waals surface area (Å²) in [6, 6.07) is 20.7. The molecule has 3 rings (SSSR count). The Balaban J connectivity index is 1.81. The lowest BCUT2D eigenvalue weighted by atomic mass is 10.1. The van der Waals surface area contributed by atoms with Gasteiger partial charge in [-0.2, -0.15) is 0 Å². The fourth-order valence-corrected chi connectivity index (χ4v) is 4.15. The molecule has 2 aromatic heterocycles. The Labute approximate surface area is 213 Å². The van der Waals surface area contributed by atoms with Crippen LogP contribution in [0, 0.1) is 0 Å². The van der Waals surface area contributed by atoms with Gasteiger partial charge in [0.25, 0.3) is 0 Å². The molecule has 0 saturated heterocycles. The molecule has 1 unspecified atom stereocenters. The zero-order chi connectivity index (χ0) is 25.6. The van der Waals surface area contributed by atoms with Gasteiger partial charge in [0.05, 0.1) is 24.5 Å². The minimum atomic E-state index is -0.884. The first-order valence-electron chi connectivity index (χ1n) is 12.4. The van der Waals surface area contributed by atoms with Gasteiger partial charge >= 0.3 is 5.97 Å². The van der Waals surface area contributed by atoms with E-state index in [1.165, 1.54) is 0 Å². The molecule has 0 aliphatic heterocycles. The quantitative estimate of drug-likeness (QED) is 0.332. The van der Waals surface area contributed by atoms with E-state index in [-0.39, 0.29) is 25.0 Å². The van der Waals surface area contributed by atoms with Crippen LogP contribution in [0.5, 0.6) is 0 Å². The molecule has 0 radical (unpaired) electrons. The summed E-state index contributed by atoms with van der Waals surface area (Å²) in [5.74, 6) is -1.01. The number of para-hydroxylation sites is 1. The molecule has 8 heteroatoms. The number of carboxylic acids is 1. The molecule has 0 spiro atoms. The van der Waals surface area contributed by atoms with Gasteiger partial charge in [-0.25, -0.2) is 0 Å². The SMILES string of the molecule is CCCCC(CN(CC(=O)Nc1ccccc1)Cc1ccccn1)N(CC(=O)O)Cc1ccccn1. The highest BCUT2D eigenvalue weighted by Crippen LogP contribution is 2.16. The molecule has 1 aromatic carbocycles. The number of benzene rings is 1. The number of nitrogens with zero attached hydrogens (tertiary/aromatic N) is 4. The van der Waals surface area contributed by atoms with Crippen LogP contribution in [0.2, 0.25) is 0 Å². The molecule has 3 aromatic rings. The molecule has 0 aliphatic carbocycles. The number of hydrogen-bond acceptors (Lipinski definition) is 6. The fourth-order valence-electron chi connectivity index (χ4n) is 4.15. The molecule has 0 saturated carbocycles. The minimum Gasteiger partial charge on any atom is -0.480 e. The van der Waals surface area contributed by atoms with Gasteiger partial charge in [0.1, 0.15) is 0 Å². The number of amides is 1. The topological polar surface area (TPSA) is 98.7 Å². The maximum absolute atomic E-state index is 13.0. The van der Waals surface area contributed by atoms with Gasteiger partial charge in [-0.3, -0.25) is 29.4 Å². The summed E-state index contributed by atoms with van der Waals surface area (Å²) in [5.41, 5.74) is 2.41. The minimum absolute atomic E-state index is 0.0729. The van der Waals surface area contributed by atoms with Gasteiger partial charge < -0.3 is 10.4 Å². The number of hydrogen-bond donors (Lipinski definition) is 2. The number of nitrogens with one attached hydrogen (secondary N) is 1. The van der Waals surface area contributed by atoms with Crippen molar-refractivity contribution < 1.29 is 14.7 Å². The van der Waals surface area contributed by atoms with Crippen molar-refractivity contribution >= 4 is 17.6 Å². The van der Waals surface area contributed by atoms with Crippen LogP contribution in [0.1, 0.15) is 37.6 Å². The zero-order valence-corrected chi connectivity index (χ0v) is 20.8. The molecule has 0 bridgehead atoms. The number of carbonyl (C=O) groups excluding carboxylic acids is 1. The smallest absolute Gasteiger partial charge is 0.317 e. The van der Waals surface area contributed by atoms with Crippen molar-refractivity contribution in [1.29, 1.82) is 0 Å². The Morgan fingerprint density at radius 2 is 1.53 bits per heavy atom. The van der Waals surface area contributed by atoms with Crippen LogP contribution >= 0.6 is 0 Å². The van der Waals surface area contributed by atoms with E-state index in [0.29, 0.717) is 19.6 Å². The van der Waals surface area contributed by atoms with Crippen LogP contribution in [-0.4, -0.2) is 62.4 Å². The van der Waals surface area contributed by atoms with Crippen molar-refractivity contribution in [2.75, 3.05) is 25.0 Å². The molecular weight excluding hydrogens is 454 g/mol. The lowest BCUT2D eigenvalue weighted by Crippen LogP contribution is -2.47. The fraction of sp³-hybridized carbons (Fsp3) is 0.357. The molecule has 2 heterocycles. The van der Waals surface area contributed by atoms with Crippen molar-refractivity contribution in [2.24, 2.45) is 0 Å². The number of pyridine rings is 2. The van der Waals surface area contributed by atoms with Gasteiger partial charge in [0.2, 0.25) is 5.91 Å². The van der Waals surface area contributed by atoms with Crippen molar-refractivity contribution in [2.45, 2.75) is 45.3 Å². The number of carboxylic acid groups (broad SMARTS) is 1. The van der Waals surface area contributed by atoms with E-state index >= 15 is 0 Å². The second-order valence-corrected chi connectivity index (χ2v) is 8.82. The van der Waals surface area contributed by atoms with E-state index in [2.05, 4.69) is 22.2 Å². The standard InChI is InChI=1S/C28H35N5O3/c1-2-3-15-26(33(22-28(35)36)19-25-14-8-10-17-30-25)20-32(18-24-13-7-9-16-29-24)21-27(34)31-23-11-5-4-6-12-23/h4-14,16-17,26H,2-3,15,18-22H2,1H3,(H,31,34)(H,35,36). The number of rotatable bonds is 15. The Kier molecular flexibility index (Phi) is 11.0. The maximum Gasteiger partial charge on any atom is 0.317 e. The summed E-state index contributed by atoms with van der Waals surface area (Å²) in [6.45, 7) is 3.62. The summed E-state index contributed by atoms with van der Waals surface area (Å²) < 4.78 is 0.